The van der Waals surface area contributed by atoms with Crippen molar-refractivity contribution in [1.82, 2.24) is 0 Å². The van der Waals surface area contributed by atoms with E-state index >= 15 is 0 Å². The average molecular weight is 423 g/mol. The van der Waals surface area contributed by atoms with Crippen LogP contribution in [0.3, 0.4) is 0 Å². The molecule has 0 saturated heterocycles. The molecule has 1 rings (SSSR count). The van der Waals surface area contributed by atoms with Crippen LogP contribution in [0.25, 0.3) is 0 Å². The fraction of sp³-hybridized carbons (Fsp3) is 0.667. The van der Waals surface area contributed by atoms with E-state index in [2.05, 4.69) is 0 Å². The molecule has 0 bridgehead atoms. The van der Waals surface area contributed by atoms with Crippen molar-refractivity contribution in [2.24, 2.45) is 5.41 Å². The standard InChI is InChI=1S/C24H38O6/c1-23(2,22(28)29)13-9-5-7-11-18-15-19(21(27)20(26)16-18)12-8-6-10-14-24(3,4)30-17-25/h15-17,26-27H,5-14H2,1-4H3,(H,28,29). The number of carboxylic acid groups (broad SMARTS) is 1. The molecule has 6 heteroatoms. The first kappa shape index (κ1) is 25.8. The van der Waals surface area contributed by atoms with Crippen LogP contribution in [0.4, 0.5) is 0 Å². The first-order valence-corrected chi connectivity index (χ1v) is 10.9. The van der Waals surface area contributed by atoms with Crippen LogP contribution in [0.15, 0.2) is 12.1 Å². The summed E-state index contributed by atoms with van der Waals surface area (Å²) in [7, 11) is 0. The molecule has 1 aromatic rings. The predicted octanol–water partition coefficient (Wildman–Crippen LogP) is 5.37. The quantitative estimate of drug-likeness (QED) is 0.199. The SMILES string of the molecule is CC(C)(CCCCCc1cc(CCCCCC(C)(C)C(=O)O)cc(O)c1O)OC=O. The number of aromatic hydroxyl groups is 2. The van der Waals surface area contributed by atoms with Gasteiger partial charge in [0.15, 0.2) is 11.5 Å². The molecule has 1 aromatic carbocycles. The van der Waals surface area contributed by atoms with Gasteiger partial charge in [0.25, 0.3) is 6.47 Å². The third kappa shape index (κ3) is 9.06. The Labute approximate surface area is 180 Å². The van der Waals surface area contributed by atoms with Crippen LogP contribution >= 0.6 is 0 Å². The van der Waals surface area contributed by atoms with Crippen LogP contribution in [0.2, 0.25) is 0 Å². The van der Waals surface area contributed by atoms with Gasteiger partial charge in [0.2, 0.25) is 0 Å². The number of hydrogen-bond acceptors (Lipinski definition) is 5. The van der Waals surface area contributed by atoms with Gasteiger partial charge in [0, 0.05) is 0 Å². The lowest BCUT2D eigenvalue weighted by atomic mass is 9.87. The summed E-state index contributed by atoms with van der Waals surface area (Å²) in [5.74, 6) is -0.906. The maximum Gasteiger partial charge on any atom is 0.309 e. The molecule has 3 N–H and O–H groups in total. The number of benzene rings is 1. The topological polar surface area (TPSA) is 104 Å². The third-order valence-corrected chi connectivity index (χ3v) is 5.67. The van der Waals surface area contributed by atoms with E-state index in [9.17, 15) is 19.8 Å². The number of phenols is 2. The van der Waals surface area contributed by atoms with Crippen LogP contribution in [0.1, 0.15) is 90.2 Å². The van der Waals surface area contributed by atoms with Crippen LogP contribution in [-0.2, 0) is 27.2 Å². The largest absolute Gasteiger partial charge is 0.504 e. The van der Waals surface area contributed by atoms with Gasteiger partial charge in [-0.15, -0.1) is 0 Å². The lowest BCUT2D eigenvalue weighted by molar-refractivity contribution is -0.147. The molecule has 0 fully saturated rings. The minimum absolute atomic E-state index is 0.0495. The lowest BCUT2D eigenvalue weighted by Crippen LogP contribution is -2.23. The van der Waals surface area contributed by atoms with Crippen molar-refractivity contribution in [2.45, 2.75) is 97.5 Å². The Morgan fingerprint density at radius 3 is 2.13 bits per heavy atom. The van der Waals surface area contributed by atoms with Gasteiger partial charge in [-0.3, -0.25) is 9.59 Å². The maximum absolute atomic E-state index is 11.1. The number of carboxylic acids is 1. The van der Waals surface area contributed by atoms with Gasteiger partial charge < -0.3 is 20.1 Å². The first-order chi connectivity index (χ1) is 14.0. The van der Waals surface area contributed by atoms with E-state index in [-0.39, 0.29) is 11.5 Å². The Bertz CT molecular complexity index is 693. The second-order valence-electron chi connectivity index (χ2n) is 9.41. The third-order valence-electron chi connectivity index (χ3n) is 5.67. The van der Waals surface area contributed by atoms with Crippen LogP contribution in [0.5, 0.6) is 11.5 Å². The molecule has 0 amide bonds. The molecule has 0 aliphatic heterocycles. The molecule has 0 radical (unpaired) electrons. The number of unbranched alkanes of at least 4 members (excludes halogenated alkanes) is 4. The van der Waals surface area contributed by atoms with Gasteiger partial charge in [-0.2, -0.15) is 0 Å². The molecule has 0 spiro atoms. The van der Waals surface area contributed by atoms with E-state index in [0.717, 1.165) is 62.5 Å². The summed E-state index contributed by atoms with van der Waals surface area (Å²) in [4.78, 5) is 21.6. The van der Waals surface area contributed by atoms with Crippen molar-refractivity contribution < 1.29 is 29.6 Å². The first-order valence-electron chi connectivity index (χ1n) is 10.9. The Morgan fingerprint density at radius 2 is 1.53 bits per heavy atom. The molecule has 6 nitrogen and oxygen atoms in total. The van der Waals surface area contributed by atoms with Gasteiger partial charge in [0.05, 0.1) is 5.41 Å². The highest BCUT2D eigenvalue weighted by Crippen LogP contribution is 2.32. The molecule has 0 heterocycles. The number of ether oxygens (including phenoxy) is 1. The van der Waals surface area contributed by atoms with Gasteiger partial charge in [-0.05, 0) is 89.8 Å². The van der Waals surface area contributed by atoms with Crippen molar-refractivity contribution >= 4 is 12.4 Å². The van der Waals surface area contributed by atoms with E-state index in [1.54, 1.807) is 19.9 Å². The monoisotopic (exact) mass is 422 g/mol. The number of aliphatic carboxylic acids is 1. The van der Waals surface area contributed by atoms with E-state index in [4.69, 9.17) is 9.84 Å². The van der Waals surface area contributed by atoms with Crippen LogP contribution < -0.4 is 0 Å². The average Bonchev–Trinajstić information content (AvgIpc) is 2.64. The predicted molar refractivity (Wildman–Crippen MR) is 117 cm³/mol. The van der Waals surface area contributed by atoms with E-state index in [1.807, 2.05) is 19.9 Å². The Kier molecular flexibility index (Phi) is 10.2. The van der Waals surface area contributed by atoms with Gasteiger partial charge in [-0.25, -0.2) is 0 Å². The molecule has 170 valence electrons. The van der Waals surface area contributed by atoms with Gasteiger partial charge in [-0.1, -0.05) is 25.3 Å². The second kappa shape index (κ2) is 11.8. The molecule has 0 atom stereocenters. The summed E-state index contributed by atoms with van der Waals surface area (Å²) < 4.78 is 5.05. The molecule has 30 heavy (non-hydrogen) atoms. The summed E-state index contributed by atoms with van der Waals surface area (Å²) in [6, 6.07) is 3.56. The molecule has 0 aliphatic carbocycles. The number of aryl methyl sites for hydroxylation is 2. The number of carbonyl (C=O) groups is 2. The fourth-order valence-electron chi connectivity index (χ4n) is 3.49. The van der Waals surface area contributed by atoms with Crippen molar-refractivity contribution in [3.05, 3.63) is 23.3 Å². The molecular weight excluding hydrogens is 384 g/mol. The minimum Gasteiger partial charge on any atom is -0.504 e. The normalized spacial score (nSPS) is 12.0. The summed E-state index contributed by atoms with van der Waals surface area (Å²) in [6.45, 7) is 7.75. The summed E-state index contributed by atoms with van der Waals surface area (Å²) >= 11 is 0. The highest BCUT2D eigenvalue weighted by molar-refractivity contribution is 5.73. The fourth-order valence-corrected chi connectivity index (χ4v) is 3.49. The highest BCUT2D eigenvalue weighted by Gasteiger charge is 2.26. The Hall–Kier alpha value is -2.24. The van der Waals surface area contributed by atoms with E-state index in [1.165, 1.54) is 0 Å². The van der Waals surface area contributed by atoms with E-state index in [0.29, 0.717) is 19.3 Å². The minimum atomic E-state index is -0.768. The second-order valence-corrected chi connectivity index (χ2v) is 9.41. The molecule has 0 aromatic heterocycles. The molecule has 0 aliphatic rings. The van der Waals surface area contributed by atoms with Gasteiger partial charge in [0.1, 0.15) is 5.60 Å². The van der Waals surface area contributed by atoms with Crippen molar-refractivity contribution in [3.8, 4) is 11.5 Å². The lowest BCUT2D eigenvalue weighted by Gasteiger charge is -2.22. The molecule has 0 saturated carbocycles. The number of phenolic OH excluding ortho intramolecular Hbond substituents is 2. The van der Waals surface area contributed by atoms with Crippen molar-refractivity contribution in [3.63, 3.8) is 0 Å². The molecular formula is C24H38O6. The van der Waals surface area contributed by atoms with Crippen molar-refractivity contribution in [2.75, 3.05) is 0 Å². The number of hydrogen-bond donors (Lipinski definition) is 3. The zero-order valence-corrected chi connectivity index (χ0v) is 18.9. The highest BCUT2D eigenvalue weighted by atomic mass is 16.5. The summed E-state index contributed by atoms with van der Waals surface area (Å²) in [6.07, 6.45) is 8.29. The van der Waals surface area contributed by atoms with Crippen LogP contribution in [0, 0.1) is 5.41 Å². The summed E-state index contributed by atoms with van der Waals surface area (Å²) in [5, 5.41) is 29.4. The zero-order valence-electron chi connectivity index (χ0n) is 18.9. The maximum atomic E-state index is 11.1. The van der Waals surface area contributed by atoms with Crippen molar-refractivity contribution in [1.29, 1.82) is 0 Å². The van der Waals surface area contributed by atoms with E-state index < -0.39 is 17.0 Å². The Morgan fingerprint density at radius 1 is 0.933 bits per heavy atom. The summed E-state index contributed by atoms with van der Waals surface area (Å²) in [5.41, 5.74) is 0.582. The Balaban J connectivity index is 2.46. The zero-order chi connectivity index (χ0) is 22.8. The molecule has 0 unspecified atom stereocenters. The number of rotatable bonds is 15. The van der Waals surface area contributed by atoms with Gasteiger partial charge >= 0.3 is 5.97 Å². The van der Waals surface area contributed by atoms with Crippen LogP contribution in [-0.4, -0.2) is 33.4 Å². The number of carbonyl (C=O) groups excluding carboxylic acids is 1. The smallest absolute Gasteiger partial charge is 0.309 e.